The first-order chi connectivity index (χ1) is 12.2. The molecule has 2 aromatic carbocycles. The summed E-state index contributed by atoms with van der Waals surface area (Å²) in [4.78, 5) is 19.6. The maximum Gasteiger partial charge on any atom is 0.251 e. The van der Waals surface area contributed by atoms with Gasteiger partial charge in [0.15, 0.2) is 0 Å². The van der Waals surface area contributed by atoms with E-state index >= 15 is 0 Å². The molecule has 3 aromatic rings. The number of ether oxygens (including phenoxy) is 1. The first-order valence-corrected chi connectivity index (χ1v) is 8.31. The molecule has 0 aliphatic carbocycles. The molecule has 0 fully saturated rings. The van der Waals surface area contributed by atoms with Crippen LogP contribution in [0.25, 0.3) is 11.0 Å². The number of imidazole rings is 1. The van der Waals surface area contributed by atoms with Gasteiger partial charge in [0.1, 0.15) is 18.2 Å². The second-order valence-electron chi connectivity index (χ2n) is 6.27. The Balaban J connectivity index is 1.41. The van der Waals surface area contributed by atoms with Gasteiger partial charge >= 0.3 is 0 Å². The molecule has 25 heavy (non-hydrogen) atoms. The molecule has 1 aliphatic rings. The van der Waals surface area contributed by atoms with E-state index < -0.39 is 0 Å². The van der Waals surface area contributed by atoms with Crippen molar-refractivity contribution in [3.05, 3.63) is 59.4 Å². The lowest BCUT2D eigenvalue weighted by atomic mass is 9.96. The summed E-state index contributed by atoms with van der Waals surface area (Å²) in [6, 6.07) is 13.3. The molecule has 1 amide bonds. The van der Waals surface area contributed by atoms with Crippen LogP contribution in [0.15, 0.2) is 42.5 Å². The predicted molar refractivity (Wildman–Crippen MR) is 93.5 cm³/mol. The Labute approximate surface area is 144 Å². The molecule has 1 aliphatic heterocycles. The standard InChI is InChI=1S/C19H19N3O3/c23-10-18-21-15-6-5-14(8-16(15)22-18)19(24)20-9-12-7-13-3-1-2-4-17(13)25-11-12/h1-6,8,12,23H,7,9-11H2,(H,20,24)(H,21,22)/t12-/m1/s1. The van der Waals surface area contributed by atoms with E-state index in [0.29, 0.717) is 24.5 Å². The Morgan fingerprint density at radius 3 is 3.08 bits per heavy atom. The van der Waals surface area contributed by atoms with Crippen molar-refractivity contribution in [3.8, 4) is 5.75 Å². The number of para-hydroxylation sites is 1. The number of carbonyl (C=O) groups is 1. The number of hydrogen-bond acceptors (Lipinski definition) is 4. The fourth-order valence-electron chi connectivity index (χ4n) is 3.14. The molecule has 6 heteroatoms. The zero-order chi connectivity index (χ0) is 17.2. The van der Waals surface area contributed by atoms with E-state index in [2.05, 4.69) is 21.4 Å². The highest BCUT2D eigenvalue weighted by atomic mass is 16.5. The number of rotatable bonds is 4. The summed E-state index contributed by atoms with van der Waals surface area (Å²) in [5.74, 6) is 1.57. The largest absolute Gasteiger partial charge is 0.493 e. The normalized spacial score (nSPS) is 16.3. The van der Waals surface area contributed by atoms with Crippen molar-refractivity contribution in [2.45, 2.75) is 13.0 Å². The first kappa shape index (κ1) is 15.7. The zero-order valence-corrected chi connectivity index (χ0v) is 13.7. The van der Waals surface area contributed by atoms with Crippen molar-refractivity contribution < 1.29 is 14.6 Å². The molecule has 0 bridgehead atoms. The van der Waals surface area contributed by atoms with E-state index in [9.17, 15) is 4.79 Å². The first-order valence-electron chi connectivity index (χ1n) is 8.31. The van der Waals surface area contributed by atoms with Gasteiger partial charge in [-0.05, 0) is 36.2 Å². The van der Waals surface area contributed by atoms with Gasteiger partial charge in [-0.1, -0.05) is 18.2 Å². The minimum absolute atomic E-state index is 0.124. The molecule has 128 valence electrons. The van der Waals surface area contributed by atoms with E-state index in [1.54, 1.807) is 18.2 Å². The number of aliphatic hydroxyl groups is 1. The van der Waals surface area contributed by atoms with Crippen LogP contribution in [0.4, 0.5) is 0 Å². The van der Waals surface area contributed by atoms with Crippen LogP contribution in [0.1, 0.15) is 21.7 Å². The summed E-state index contributed by atoms with van der Waals surface area (Å²) in [6.45, 7) is 1.02. The Morgan fingerprint density at radius 2 is 2.20 bits per heavy atom. The number of fused-ring (bicyclic) bond motifs is 2. The lowest BCUT2D eigenvalue weighted by Crippen LogP contribution is -2.34. The van der Waals surface area contributed by atoms with Crippen LogP contribution in [0.2, 0.25) is 0 Å². The maximum absolute atomic E-state index is 12.4. The highest BCUT2D eigenvalue weighted by Gasteiger charge is 2.20. The van der Waals surface area contributed by atoms with Crippen LogP contribution in [0.5, 0.6) is 5.75 Å². The zero-order valence-electron chi connectivity index (χ0n) is 13.7. The number of aromatic nitrogens is 2. The third kappa shape index (κ3) is 3.21. The van der Waals surface area contributed by atoms with E-state index in [1.165, 1.54) is 5.56 Å². The topological polar surface area (TPSA) is 87.2 Å². The quantitative estimate of drug-likeness (QED) is 0.680. The second kappa shape index (κ2) is 6.57. The Kier molecular flexibility index (Phi) is 4.11. The number of benzene rings is 2. The lowest BCUT2D eigenvalue weighted by Gasteiger charge is -2.25. The molecule has 6 nitrogen and oxygen atoms in total. The molecule has 2 heterocycles. The Morgan fingerprint density at radius 1 is 1.32 bits per heavy atom. The van der Waals surface area contributed by atoms with Gasteiger partial charge in [-0.3, -0.25) is 4.79 Å². The number of H-pyrrole nitrogens is 1. The molecular weight excluding hydrogens is 318 g/mol. The van der Waals surface area contributed by atoms with Crippen molar-refractivity contribution in [1.82, 2.24) is 15.3 Å². The highest BCUT2D eigenvalue weighted by Crippen LogP contribution is 2.26. The summed E-state index contributed by atoms with van der Waals surface area (Å²) < 4.78 is 5.76. The van der Waals surface area contributed by atoms with E-state index in [-0.39, 0.29) is 18.4 Å². The second-order valence-corrected chi connectivity index (χ2v) is 6.27. The molecule has 3 N–H and O–H groups in total. The highest BCUT2D eigenvalue weighted by molar-refractivity contribution is 5.97. The number of amides is 1. The van der Waals surface area contributed by atoms with Crippen molar-refractivity contribution in [2.75, 3.05) is 13.2 Å². The minimum Gasteiger partial charge on any atom is -0.493 e. The third-order valence-electron chi connectivity index (χ3n) is 4.45. The molecule has 1 aromatic heterocycles. The summed E-state index contributed by atoms with van der Waals surface area (Å²) in [6.07, 6.45) is 0.899. The van der Waals surface area contributed by atoms with Gasteiger partial charge in [0, 0.05) is 18.0 Å². The summed E-state index contributed by atoms with van der Waals surface area (Å²) in [5, 5.41) is 12.1. The van der Waals surface area contributed by atoms with Crippen LogP contribution in [-0.2, 0) is 13.0 Å². The van der Waals surface area contributed by atoms with Crippen molar-refractivity contribution >= 4 is 16.9 Å². The van der Waals surface area contributed by atoms with Gasteiger partial charge in [-0.15, -0.1) is 0 Å². The van der Waals surface area contributed by atoms with Gasteiger partial charge in [0.2, 0.25) is 0 Å². The van der Waals surface area contributed by atoms with Crippen molar-refractivity contribution in [2.24, 2.45) is 5.92 Å². The molecule has 0 radical (unpaired) electrons. The molecule has 0 saturated carbocycles. The molecule has 1 atom stereocenters. The number of carbonyl (C=O) groups excluding carboxylic acids is 1. The minimum atomic E-state index is -0.153. The maximum atomic E-state index is 12.4. The molecular formula is C19H19N3O3. The van der Waals surface area contributed by atoms with Crippen LogP contribution in [0.3, 0.4) is 0 Å². The van der Waals surface area contributed by atoms with Crippen LogP contribution in [0, 0.1) is 5.92 Å². The van der Waals surface area contributed by atoms with Gasteiger partial charge in [0.05, 0.1) is 17.6 Å². The number of nitrogens with one attached hydrogen (secondary N) is 2. The smallest absolute Gasteiger partial charge is 0.251 e. The van der Waals surface area contributed by atoms with Crippen LogP contribution >= 0.6 is 0 Å². The molecule has 0 spiro atoms. The molecule has 0 saturated heterocycles. The average Bonchev–Trinajstić information content (AvgIpc) is 3.08. The van der Waals surface area contributed by atoms with Crippen molar-refractivity contribution in [1.29, 1.82) is 0 Å². The fourth-order valence-corrected chi connectivity index (χ4v) is 3.14. The van der Waals surface area contributed by atoms with E-state index in [0.717, 1.165) is 23.2 Å². The number of aromatic amines is 1. The van der Waals surface area contributed by atoms with Gasteiger partial charge in [0.25, 0.3) is 5.91 Å². The monoisotopic (exact) mass is 337 g/mol. The van der Waals surface area contributed by atoms with Gasteiger partial charge in [-0.25, -0.2) is 4.98 Å². The number of aliphatic hydroxyl groups excluding tert-OH is 1. The number of hydrogen-bond donors (Lipinski definition) is 3. The summed E-state index contributed by atoms with van der Waals surface area (Å²) >= 11 is 0. The number of nitrogens with zero attached hydrogens (tertiary/aromatic N) is 1. The molecule has 4 rings (SSSR count). The van der Waals surface area contributed by atoms with Gasteiger partial charge in [-0.2, -0.15) is 0 Å². The Bertz CT molecular complexity index is 919. The predicted octanol–water partition coefficient (Wildman–Crippen LogP) is 2.04. The lowest BCUT2D eigenvalue weighted by molar-refractivity contribution is 0.0939. The van der Waals surface area contributed by atoms with E-state index in [1.807, 2.05) is 18.2 Å². The summed E-state index contributed by atoms with van der Waals surface area (Å²) in [5.41, 5.74) is 3.23. The SMILES string of the molecule is O=C(NC[C@@H]1COc2ccccc2C1)c1ccc2nc(CO)[nH]c2c1. The van der Waals surface area contributed by atoms with Gasteiger partial charge < -0.3 is 20.1 Å². The molecule has 0 unspecified atom stereocenters. The van der Waals surface area contributed by atoms with E-state index in [4.69, 9.17) is 9.84 Å². The fraction of sp³-hybridized carbons (Fsp3) is 0.263. The van der Waals surface area contributed by atoms with Crippen molar-refractivity contribution in [3.63, 3.8) is 0 Å². The Hall–Kier alpha value is -2.86. The summed E-state index contributed by atoms with van der Waals surface area (Å²) in [7, 11) is 0. The third-order valence-corrected chi connectivity index (χ3v) is 4.45. The van der Waals surface area contributed by atoms with Crippen LogP contribution < -0.4 is 10.1 Å². The average molecular weight is 337 g/mol. The van der Waals surface area contributed by atoms with Crippen LogP contribution in [-0.4, -0.2) is 34.1 Å².